The third kappa shape index (κ3) is 3.85. The summed E-state index contributed by atoms with van der Waals surface area (Å²) in [6, 6.07) is 10.3. The Morgan fingerprint density at radius 3 is 2.00 bits per heavy atom. The Morgan fingerprint density at radius 1 is 1.00 bits per heavy atom. The van der Waals surface area contributed by atoms with Gasteiger partial charge in [-0.05, 0) is 0 Å². The lowest BCUT2D eigenvalue weighted by Crippen LogP contribution is -2.30. The van der Waals surface area contributed by atoms with Gasteiger partial charge in [0.1, 0.15) is 0 Å². The van der Waals surface area contributed by atoms with Crippen LogP contribution in [0.4, 0.5) is 0 Å². The molecule has 0 atom stereocenters. The molecule has 1 rings (SSSR count). The highest BCUT2D eigenvalue weighted by Crippen LogP contribution is 2.03. The van der Waals surface area contributed by atoms with E-state index < -0.39 is 0 Å². The molecule has 11 heavy (non-hydrogen) atoms. The molecule has 0 spiro atoms. The van der Waals surface area contributed by atoms with Gasteiger partial charge >= 0.3 is 0 Å². The fourth-order valence-electron chi connectivity index (χ4n) is 0.738. The molecule has 1 aromatic rings. The summed E-state index contributed by atoms with van der Waals surface area (Å²) in [5.41, 5.74) is 0. The molecule has 49 valence electrons. The zero-order chi connectivity index (χ0) is 8.32. The number of rotatable bonds is 2. The lowest BCUT2D eigenvalue weighted by atomic mass is 10.4. The van der Waals surface area contributed by atoms with Gasteiger partial charge in [-0.25, -0.2) is 0 Å². The van der Waals surface area contributed by atoms with E-state index in [1.165, 1.54) is 5.19 Å². The fourth-order valence-corrected chi connectivity index (χ4v) is 2.83. The van der Waals surface area contributed by atoms with E-state index in [1.807, 2.05) is 18.2 Å². The molecule has 0 unspecified atom stereocenters. The zero-order valence-corrected chi connectivity index (χ0v) is 9.89. The maximum Gasteiger partial charge on any atom is 0.0767 e. The molecule has 0 fully saturated rings. The van der Waals surface area contributed by atoms with Crippen molar-refractivity contribution >= 4 is 45.4 Å². The van der Waals surface area contributed by atoms with E-state index in [9.17, 15) is 0 Å². The monoisotopic (exact) mass is 201 g/mol. The average molecular weight is 201 g/mol. The summed E-state index contributed by atoms with van der Waals surface area (Å²) < 4.78 is -0.151. The van der Waals surface area contributed by atoms with Gasteiger partial charge in [0.15, 0.2) is 0 Å². The smallest absolute Gasteiger partial charge is 0.0646 e. The minimum atomic E-state index is -0.151. The van der Waals surface area contributed by atoms with E-state index in [4.69, 9.17) is 0 Å². The molecule has 0 aliphatic heterocycles. The van der Waals surface area contributed by atoms with Gasteiger partial charge in [0.2, 0.25) is 0 Å². The molecule has 0 aliphatic carbocycles. The van der Waals surface area contributed by atoms with Crippen LogP contribution >= 0.6 is 0 Å². The Labute approximate surface area is 79.9 Å². The Balaban J connectivity index is 2.66. The Bertz CT molecular complexity index is 214. The predicted molar refractivity (Wildman–Crippen MR) is 51.8 cm³/mol. The number of benzene rings is 1. The van der Waals surface area contributed by atoms with E-state index in [-0.39, 0.29) is 3.91 Å². The first-order valence-electron chi connectivity index (χ1n) is 3.16. The summed E-state index contributed by atoms with van der Waals surface area (Å²) in [5.74, 6) is 0. The maximum absolute atomic E-state index is 3.50. The van der Waals surface area contributed by atoms with Crippen LogP contribution < -0.4 is 5.19 Å². The standard InChI is InChI=1S/C7H5Si4/c8-7(9,10)11-6-4-2-1-3-5-6/h1-5H. The quantitative estimate of drug-likeness (QED) is 0.569. The molecule has 0 nitrogen and oxygen atoms in total. The summed E-state index contributed by atoms with van der Waals surface area (Å²) in [4.78, 5) is 0. The van der Waals surface area contributed by atoms with Crippen molar-refractivity contribution in [1.29, 1.82) is 0 Å². The molecule has 0 aromatic heterocycles. The third-order valence-corrected chi connectivity index (χ3v) is 3.23. The summed E-state index contributed by atoms with van der Waals surface area (Å²) >= 11 is 0. The first-order valence-corrected chi connectivity index (χ1v) is 5.66. The van der Waals surface area contributed by atoms with Crippen LogP contribution in [0, 0.1) is 0 Å². The van der Waals surface area contributed by atoms with Crippen molar-refractivity contribution in [3.8, 4) is 0 Å². The molecule has 0 heterocycles. The maximum atomic E-state index is 3.50. The van der Waals surface area contributed by atoms with Gasteiger partial charge in [-0.1, -0.05) is 39.4 Å². The molecule has 0 bridgehead atoms. The van der Waals surface area contributed by atoms with Gasteiger partial charge < -0.3 is 0 Å². The van der Waals surface area contributed by atoms with Crippen LogP contribution in [-0.4, -0.2) is 40.2 Å². The van der Waals surface area contributed by atoms with Gasteiger partial charge in [-0.2, -0.15) is 0 Å². The van der Waals surface area contributed by atoms with Crippen molar-refractivity contribution in [3.05, 3.63) is 30.3 Å². The van der Waals surface area contributed by atoms with E-state index >= 15 is 0 Å². The Morgan fingerprint density at radius 2 is 1.55 bits per heavy atom. The van der Waals surface area contributed by atoms with E-state index in [2.05, 4.69) is 42.9 Å². The van der Waals surface area contributed by atoms with Crippen molar-refractivity contribution in [2.75, 3.05) is 0 Å². The highest BCUT2D eigenvalue weighted by molar-refractivity contribution is 6.86. The highest BCUT2D eigenvalue weighted by Gasteiger charge is 2.12. The summed E-state index contributed by atoms with van der Waals surface area (Å²) in [7, 11) is 11.2. The second kappa shape index (κ2) is 3.66. The Hall–Kier alpha value is 0.0875. The fraction of sp³-hybridized carbons (Fsp3) is 0.143. The topological polar surface area (TPSA) is 0 Å². The van der Waals surface area contributed by atoms with Gasteiger partial charge in [-0.15, -0.1) is 0 Å². The van der Waals surface area contributed by atoms with Gasteiger partial charge in [0, 0.05) is 30.7 Å². The summed E-state index contributed by atoms with van der Waals surface area (Å²) in [6.07, 6.45) is 0. The lowest BCUT2D eigenvalue weighted by Gasteiger charge is -2.15. The molecule has 1 aromatic carbocycles. The van der Waals surface area contributed by atoms with Crippen molar-refractivity contribution < 1.29 is 0 Å². The third-order valence-electron chi connectivity index (χ3n) is 1.11. The minimum Gasteiger partial charge on any atom is -0.0646 e. The van der Waals surface area contributed by atoms with E-state index in [1.54, 1.807) is 0 Å². The van der Waals surface area contributed by atoms with E-state index in [0.717, 1.165) is 0 Å². The van der Waals surface area contributed by atoms with Crippen LogP contribution in [0.2, 0.25) is 3.91 Å². The zero-order valence-electron chi connectivity index (χ0n) is 5.89. The van der Waals surface area contributed by atoms with E-state index in [0.29, 0.717) is 9.52 Å². The van der Waals surface area contributed by atoms with Crippen molar-refractivity contribution in [2.45, 2.75) is 3.91 Å². The predicted octanol–water partition coefficient (Wildman–Crippen LogP) is -0.447. The van der Waals surface area contributed by atoms with Crippen LogP contribution in [0.3, 0.4) is 0 Å². The molecule has 0 amide bonds. The van der Waals surface area contributed by atoms with Crippen molar-refractivity contribution in [1.82, 2.24) is 0 Å². The SMILES string of the molecule is [Si]C([Si])([Si])[Si]c1ccccc1. The van der Waals surface area contributed by atoms with Crippen LogP contribution in [0.1, 0.15) is 0 Å². The molecule has 0 saturated carbocycles. The molecule has 0 N–H and O–H groups in total. The second-order valence-electron chi connectivity index (χ2n) is 2.24. The lowest BCUT2D eigenvalue weighted by molar-refractivity contribution is 1.65. The first-order chi connectivity index (χ1) is 5.08. The van der Waals surface area contributed by atoms with Gasteiger partial charge in [0.25, 0.3) is 0 Å². The largest absolute Gasteiger partial charge is 0.0767 e. The van der Waals surface area contributed by atoms with Crippen LogP contribution in [0.5, 0.6) is 0 Å². The van der Waals surface area contributed by atoms with Crippen molar-refractivity contribution in [3.63, 3.8) is 0 Å². The normalized spacial score (nSPS) is 11.5. The van der Waals surface area contributed by atoms with Gasteiger partial charge in [0.05, 0.1) is 9.52 Å². The minimum absolute atomic E-state index is 0.151. The number of hydrogen-bond acceptors (Lipinski definition) is 0. The molecule has 11 radical (unpaired) electrons. The molecule has 0 saturated heterocycles. The van der Waals surface area contributed by atoms with Crippen LogP contribution in [-0.2, 0) is 0 Å². The molecule has 4 heteroatoms. The summed E-state index contributed by atoms with van der Waals surface area (Å²) in [6.45, 7) is 0. The average Bonchev–Trinajstić information content (AvgIpc) is 1.85. The Kier molecular flexibility index (Phi) is 3.05. The molecular formula is C7H5Si4. The first kappa shape index (κ1) is 9.18. The van der Waals surface area contributed by atoms with Crippen LogP contribution in [0.15, 0.2) is 30.3 Å². The second-order valence-corrected chi connectivity index (χ2v) is 9.07. The molecule has 0 aliphatic rings. The summed E-state index contributed by atoms with van der Waals surface area (Å²) in [5, 5.41) is 1.31. The van der Waals surface area contributed by atoms with Crippen molar-refractivity contribution in [2.24, 2.45) is 0 Å². The van der Waals surface area contributed by atoms with Gasteiger partial charge in [-0.3, -0.25) is 0 Å². The highest BCUT2D eigenvalue weighted by atomic mass is 28.4. The molecular weight excluding hydrogens is 196 g/mol. The van der Waals surface area contributed by atoms with Crippen LogP contribution in [0.25, 0.3) is 0 Å². The number of hydrogen-bond donors (Lipinski definition) is 0.